The zero-order valence-corrected chi connectivity index (χ0v) is 14.4. The van der Waals surface area contributed by atoms with Crippen LogP contribution in [0.1, 0.15) is 35.6 Å². The molecule has 2 nitrogen and oxygen atoms in total. The first-order chi connectivity index (χ1) is 12.2. The van der Waals surface area contributed by atoms with E-state index in [0.29, 0.717) is 23.5 Å². The molecule has 1 atom stereocenters. The maximum absolute atomic E-state index is 14.0. The number of hydrogen-bond donors (Lipinski definition) is 0. The van der Waals surface area contributed by atoms with Gasteiger partial charge < -0.3 is 0 Å². The van der Waals surface area contributed by atoms with Crippen molar-refractivity contribution in [3.05, 3.63) is 76.6 Å². The summed E-state index contributed by atoms with van der Waals surface area (Å²) in [6.07, 6.45) is 6.58. The van der Waals surface area contributed by atoms with Crippen molar-refractivity contribution in [2.45, 2.75) is 26.2 Å². The van der Waals surface area contributed by atoms with Crippen molar-refractivity contribution in [2.75, 3.05) is 6.54 Å². The third-order valence-corrected chi connectivity index (χ3v) is 4.62. The highest BCUT2D eigenvalue weighted by molar-refractivity contribution is 5.89. The van der Waals surface area contributed by atoms with Crippen LogP contribution >= 0.6 is 0 Å². The van der Waals surface area contributed by atoms with Crippen LogP contribution in [-0.4, -0.2) is 12.8 Å². The Morgan fingerprint density at radius 1 is 1.24 bits per heavy atom. The smallest absolute Gasteiger partial charge is 0.127 e. The molecule has 1 heterocycles. The summed E-state index contributed by atoms with van der Waals surface area (Å²) in [6, 6.07) is 15.3. The molecule has 0 spiro atoms. The van der Waals surface area contributed by atoms with Gasteiger partial charge in [-0.2, -0.15) is 5.26 Å². The summed E-state index contributed by atoms with van der Waals surface area (Å²) in [5.41, 5.74) is 4.86. The van der Waals surface area contributed by atoms with E-state index in [0.717, 1.165) is 19.4 Å². The SMILES string of the molecule is CC(CCc1cccc(C2=CC=NC2)c1)Cc1ccc(C#N)cc1F. The van der Waals surface area contributed by atoms with Crippen LogP contribution in [0.4, 0.5) is 4.39 Å². The van der Waals surface area contributed by atoms with Gasteiger partial charge >= 0.3 is 0 Å². The molecule has 0 N–H and O–H groups in total. The molecule has 0 aliphatic carbocycles. The topological polar surface area (TPSA) is 36.1 Å². The minimum atomic E-state index is -0.277. The van der Waals surface area contributed by atoms with E-state index >= 15 is 0 Å². The molecule has 0 fully saturated rings. The van der Waals surface area contributed by atoms with E-state index in [1.807, 2.05) is 12.3 Å². The summed E-state index contributed by atoms with van der Waals surface area (Å²) in [7, 11) is 0. The molecule has 0 saturated carbocycles. The Labute approximate surface area is 148 Å². The second-order valence-electron chi connectivity index (χ2n) is 6.65. The van der Waals surface area contributed by atoms with Crippen molar-refractivity contribution < 1.29 is 4.39 Å². The van der Waals surface area contributed by atoms with Crippen molar-refractivity contribution in [3.8, 4) is 6.07 Å². The maximum atomic E-state index is 14.0. The lowest BCUT2D eigenvalue weighted by Gasteiger charge is -2.13. The van der Waals surface area contributed by atoms with Crippen molar-refractivity contribution in [3.63, 3.8) is 0 Å². The van der Waals surface area contributed by atoms with Gasteiger partial charge in [0.1, 0.15) is 5.82 Å². The molecule has 0 bridgehead atoms. The third-order valence-electron chi connectivity index (χ3n) is 4.62. The second kappa shape index (κ2) is 7.90. The van der Waals surface area contributed by atoms with Gasteiger partial charge in [0.2, 0.25) is 0 Å². The van der Waals surface area contributed by atoms with E-state index in [4.69, 9.17) is 5.26 Å². The monoisotopic (exact) mass is 332 g/mol. The average Bonchev–Trinajstić information content (AvgIpc) is 3.17. The van der Waals surface area contributed by atoms with Crippen LogP contribution in [0.2, 0.25) is 0 Å². The molecule has 1 aliphatic heterocycles. The molecule has 0 radical (unpaired) electrons. The molecule has 0 aromatic heterocycles. The lowest BCUT2D eigenvalue weighted by molar-refractivity contribution is 0.510. The molecular weight excluding hydrogens is 311 g/mol. The van der Waals surface area contributed by atoms with Gasteiger partial charge in [-0.25, -0.2) is 4.39 Å². The molecule has 3 rings (SSSR count). The zero-order chi connectivity index (χ0) is 17.6. The predicted molar refractivity (Wildman–Crippen MR) is 100 cm³/mol. The largest absolute Gasteiger partial charge is 0.288 e. The molecule has 0 saturated heterocycles. The summed E-state index contributed by atoms with van der Waals surface area (Å²) in [5, 5.41) is 8.82. The maximum Gasteiger partial charge on any atom is 0.127 e. The minimum Gasteiger partial charge on any atom is -0.288 e. The Kier molecular flexibility index (Phi) is 5.40. The third kappa shape index (κ3) is 4.42. The highest BCUT2D eigenvalue weighted by atomic mass is 19.1. The fraction of sp³-hybridized carbons (Fsp3) is 0.273. The van der Waals surface area contributed by atoms with Crippen LogP contribution in [0, 0.1) is 23.1 Å². The lowest BCUT2D eigenvalue weighted by atomic mass is 9.93. The van der Waals surface area contributed by atoms with Crippen molar-refractivity contribution >= 4 is 11.8 Å². The van der Waals surface area contributed by atoms with E-state index < -0.39 is 0 Å². The van der Waals surface area contributed by atoms with E-state index in [1.165, 1.54) is 22.8 Å². The standard InChI is InChI=1S/C22H21FN2/c1-16(11-20-8-7-18(14-24)13-22(20)23)5-6-17-3-2-4-19(12-17)21-9-10-25-15-21/h2-4,7-10,12-13,16H,5-6,11,15H2,1H3. The fourth-order valence-electron chi connectivity index (χ4n) is 3.13. The van der Waals surface area contributed by atoms with E-state index in [1.54, 1.807) is 12.1 Å². The second-order valence-corrected chi connectivity index (χ2v) is 6.65. The fourth-order valence-corrected chi connectivity index (χ4v) is 3.13. The number of allylic oxidation sites excluding steroid dienone is 1. The molecule has 1 aliphatic rings. The van der Waals surface area contributed by atoms with Crippen molar-refractivity contribution in [1.82, 2.24) is 0 Å². The number of aliphatic imine (C=N–C) groups is 1. The first-order valence-corrected chi connectivity index (χ1v) is 8.62. The first kappa shape index (κ1) is 17.1. The molecular formula is C22H21FN2. The quantitative estimate of drug-likeness (QED) is 0.735. The van der Waals surface area contributed by atoms with Gasteiger partial charge in [-0.3, -0.25) is 4.99 Å². The van der Waals surface area contributed by atoms with Crippen molar-refractivity contribution in [1.29, 1.82) is 5.26 Å². The number of benzene rings is 2. The van der Waals surface area contributed by atoms with Crippen LogP contribution in [0.25, 0.3) is 5.57 Å². The molecule has 2 aromatic carbocycles. The number of nitrogens with zero attached hydrogens (tertiary/aromatic N) is 2. The van der Waals surface area contributed by atoms with Crippen LogP contribution in [0.3, 0.4) is 0 Å². The highest BCUT2D eigenvalue weighted by Gasteiger charge is 2.10. The Bertz CT molecular complexity index is 859. The van der Waals surface area contributed by atoms with E-state index in [2.05, 4.69) is 42.3 Å². The molecule has 126 valence electrons. The Hall–Kier alpha value is -2.73. The Morgan fingerprint density at radius 3 is 2.84 bits per heavy atom. The summed E-state index contributed by atoms with van der Waals surface area (Å²) < 4.78 is 14.0. The predicted octanol–water partition coefficient (Wildman–Crippen LogP) is 4.98. The van der Waals surface area contributed by atoms with E-state index in [-0.39, 0.29) is 5.82 Å². The number of hydrogen-bond acceptors (Lipinski definition) is 2. The van der Waals surface area contributed by atoms with Gasteiger partial charge in [-0.1, -0.05) is 37.3 Å². The van der Waals surface area contributed by atoms with Crippen molar-refractivity contribution in [2.24, 2.45) is 10.9 Å². The van der Waals surface area contributed by atoms with Gasteiger partial charge in [0, 0.05) is 6.21 Å². The van der Waals surface area contributed by atoms with Gasteiger partial charge in [0.15, 0.2) is 0 Å². The van der Waals surface area contributed by atoms with Gasteiger partial charge in [0.25, 0.3) is 0 Å². The van der Waals surface area contributed by atoms with Crippen LogP contribution in [0.15, 0.2) is 53.5 Å². The van der Waals surface area contributed by atoms with E-state index in [9.17, 15) is 4.39 Å². The van der Waals surface area contributed by atoms with Crippen LogP contribution in [-0.2, 0) is 12.8 Å². The van der Waals surface area contributed by atoms with Crippen LogP contribution in [0.5, 0.6) is 0 Å². The summed E-state index contributed by atoms with van der Waals surface area (Å²) in [6.45, 7) is 2.91. The van der Waals surface area contributed by atoms with Gasteiger partial charge in [-0.05, 0) is 65.7 Å². The average molecular weight is 332 g/mol. The van der Waals surface area contributed by atoms with Gasteiger partial charge in [-0.15, -0.1) is 0 Å². The minimum absolute atomic E-state index is 0.277. The first-order valence-electron chi connectivity index (χ1n) is 8.62. The molecule has 2 aromatic rings. The molecule has 0 amide bonds. The highest BCUT2D eigenvalue weighted by Crippen LogP contribution is 2.22. The number of rotatable bonds is 6. The van der Waals surface area contributed by atoms with Gasteiger partial charge in [0.05, 0.1) is 18.2 Å². The molecule has 25 heavy (non-hydrogen) atoms. The lowest BCUT2D eigenvalue weighted by Crippen LogP contribution is -2.04. The molecule has 1 unspecified atom stereocenters. The number of nitriles is 1. The Balaban J connectivity index is 1.58. The summed E-state index contributed by atoms with van der Waals surface area (Å²) in [5.74, 6) is 0.0983. The normalized spacial score (nSPS) is 14.2. The van der Waals surface area contributed by atoms with Crippen LogP contribution < -0.4 is 0 Å². The Morgan fingerprint density at radius 2 is 2.12 bits per heavy atom. The zero-order valence-electron chi connectivity index (χ0n) is 14.4. The number of halogens is 1. The number of aryl methyl sites for hydroxylation is 1. The summed E-state index contributed by atoms with van der Waals surface area (Å²) >= 11 is 0. The molecule has 3 heteroatoms. The summed E-state index contributed by atoms with van der Waals surface area (Å²) in [4.78, 5) is 4.24.